The molecule has 5 nitrogen and oxygen atoms in total. The van der Waals surface area contributed by atoms with Gasteiger partial charge < -0.3 is 16.0 Å². The minimum Gasteiger partial charge on any atom is -0.339 e. The van der Waals surface area contributed by atoms with Gasteiger partial charge in [0.1, 0.15) is 0 Å². The minimum atomic E-state index is -0.573. The molecule has 0 spiro atoms. The number of carbonyl (C=O) groups excluding carboxylic acids is 2. The van der Waals surface area contributed by atoms with Crippen LogP contribution in [0.3, 0.4) is 0 Å². The Morgan fingerprint density at radius 1 is 1.24 bits per heavy atom. The Balaban J connectivity index is 0.00000220. The molecule has 1 fully saturated rings. The fraction of sp³-hybridized carbons (Fsp3) is 0.467. The van der Waals surface area contributed by atoms with Crippen LogP contribution >= 0.6 is 12.4 Å². The molecule has 1 aromatic carbocycles. The van der Waals surface area contributed by atoms with Crippen molar-refractivity contribution >= 4 is 29.9 Å². The van der Waals surface area contributed by atoms with Crippen LogP contribution in [-0.4, -0.2) is 35.8 Å². The molecule has 0 aliphatic carbocycles. The molecule has 1 saturated heterocycles. The Labute approximate surface area is 131 Å². The molecule has 6 heteroatoms. The van der Waals surface area contributed by atoms with E-state index < -0.39 is 6.04 Å². The standard InChI is InChI=1S/C15H21N3O2.ClH/c1-11(16)14(19)17-13-7-5-6-12(10-13)15(20)18-8-3-2-4-9-18;/h5-7,10-11H,2-4,8-9,16H2,1H3,(H,17,19);1H. The molecule has 116 valence electrons. The number of hydrogen-bond acceptors (Lipinski definition) is 3. The zero-order valence-corrected chi connectivity index (χ0v) is 13.0. The lowest BCUT2D eigenvalue weighted by molar-refractivity contribution is -0.117. The molecule has 2 rings (SSSR count). The predicted octanol–water partition coefficient (Wildman–Crippen LogP) is 2.02. The van der Waals surface area contributed by atoms with E-state index in [9.17, 15) is 9.59 Å². The fourth-order valence-electron chi connectivity index (χ4n) is 2.27. The van der Waals surface area contributed by atoms with E-state index in [-0.39, 0.29) is 24.2 Å². The summed E-state index contributed by atoms with van der Waals surface area (Å²) in [5, 5.41) is 2.70. The summed E-state index contributed by atoms with van der Waals surface area (Å²) in [5.41, 5.74) is 6.72. The van der Waals surface area contributed by atoms with E-state index in [0.717, 1.165) is 25.9 Å². The third-order valence-corrected chi connectivity index (χ3v) is 3.43. The number of halogens is 1. The highest BCUT2D eigenvalue weighted by Gasteiger charge is 2.18. The molecule has 1 atom stereocenters. The van der Waals surface area contributed by atoms with Crippen LogP contribution in [0.15, 0.2) is 24.3 Å². The smallest absolute Gasteiger partial charge is 0.253 e. The summed E-state index contributed by atoms with van der Waals surface area (Å²) >= 11 is 0. The van der Waals surface area contributed by atoms with E-state index in [1.807, 2.05) is 4.90 Å². The average Bonchev–Trinajstić information content (AvgIpc) is 2.47. The van der Waals surface area contributed by atoms with E-state index in [2.05, 4.69) is 5.32 Å². The number of benzene rings is 1. The van der Waals surface area contributed by atoms with E-state index in [4.69, 9.17) is 5.73 Å². The van der Waals surface area contributed by atoms with Crippen LogP contribution in [0.2, 0.25) is 0 Å². The van der Waals surface area contributed by atoms with E-state index in [0.29, 0.717) is 11.3 Å². The number of nitrogens with two attached hydrogens (primary N) is 1. The topological polar surface area (TPSA) is 75.4 Å². The van der Waals surface area contributed by atoms with Crippen molar-refractivity contribution in [2.24, 2.45) is 5.73 Å². The number of piperidine rings is 1. The van der Waals surface area contributed by atoms with Crippen molar-refractivity contribution in [2.75, 3.05) is 18.4 Å². The van der Waals surface area contributed by atoms with Crippen molar-refractivity contribution < 1.29 is 9.59 Å². The summed E-state index contributed by atoms with van der Waals surface area (Å²) in [6, 6.07) is 6.44. The molecule has 0 saturated carbocycles. The SMILES string of the molecule is CC(N)C(=O)Nc1cccc(C(=O)N2CCCCC2)c1.Cl. The van der Waals surface area contributed by atoms with Gasteiger partial charge in [0.2, 0.25) is 5.91 Å². The van der Waals surface area contributed by atoms with Gasteiger partial charge >= 0.3 is 0 Å². The van der Waals surface area contributed by atoms with Gasteiger partial charge in [-0.1, -0.05) is 6.07 Å². The van der Waals surface area contributed by atoms with Crippen molar-refractivity contribution in [3.63, 3.8) is 0 Å². The second-order valence-electron chi connectivity index (χ2n) is 5.21. The first-order chi connectivity index (χ1) is 9.58. The van der Waals surface area contributed by atoms with Gasteiger partial charge in [-0.15, -0.1) is 12.4 Å². The molecule has 1 heterocycles. The Morgan fingerprint density at radius 2 is 1.90 bits per heavy atom. The molecule has 3 N–H and O–H groups in total. The van der Waals surface area contributed by atoms with Crippen molar-refractivity contribution in [3.8, 4) is 0 Å². The molecule has 2 amide bonds. The number of likely N-dealkylation sites (tertiary alicyclic amines) is 1. The first-order valence-electron chi connectivity index (χ1n) is 7.04. The van der Waals surface area contributed by atoms with Gasteiger partial charge in [-0.05, 0) is 44.4 Å². The number of rotatable bonds is 3. The van der Waals surface area contributed by atoms with Gasteiger partial charge in [-0.3, -0.25) is 9.59 Å². The number of amides is 2. The van der Waals surface area contributed by atoms with Gasteiger partial charge in [0.05, 0.1) is 6.04 Å². The Bertz CT molecular complexity index is 499. The lowest BCUT2D eigenvalue weighted by atomic mass is 10.1. The monoisotopic (exact) mass is 311 g/mol. The summed E-state index contributed by atoms with van der Waals surface area (Å²) in [4.78, 5) is 25.8. The maximum absolute atomic E-state index is 12.4. The zero-order valence-electron chi connectivity index (χ0n) is 12.2. The number of nitrogens with zero attached hydrogens (tertiary/aromatic N) is 1. The fourth-order valence-corrected chi connectivity index (χ4v) is 2.27. The summed E-state index contributed by atoms with van der Waals surface area (Å²) in [6.45, 7) is 3.25. The second-order valence-corrected chi connectivity index (χ2v) is 5.21. The van der Waals surface area contributed by atoms with E-state index >= 15 is 0 Å². The highest BCUT2D eigenvalue weighted by atomic mass is 35.5. The number of nitrogens with one attached hydrogen (secondary N) is 1. The molecule has 21 heavy (non-hydrogen) atoms. The van der Waals surface area contributed by atoms with Crippen molar-refractivity contribution in [3.05, 3.63) is 29.8 Å². The first kappa shape index (κ1) is 17.5. The molecule has 0 radical (unpaired) electrons. The molecule has 1 unspecified atom stereocenters. The second kappa shape index (κ2) is 8.00. The summed E-state index contributed by atoms with van der Waals surface area (Å²) in [7, 11) is 0. The maximum atomic E-state index is 12.4. The normalized spacial score (nSPS) is 15.8. The third kappa shape index (κ3) is 4.72. The molecule has 0 aromatic heterocycles. The summed E-state index contributed by atoms with van der Waals surface area (Å²) in [5.74, 6) is -0.228. The highest BCUT2D eigenvalue weighted by molar-refractivity contribution is 5.98. The lowest BCUT2D eigenvalue weighted by Gasteiger charge is -2.26. The minimum absolute atomic E-state index is 0. The van der Waals surface area contributed by atoms with Crippen molar-refractivity contribution in [1.82, 2.24) is 4.90 Å². The van der Waals surface area contributed by atoms with Gasteiger partial charge in [0, 0.05) is 24.3 Å². The molecule has 0 bridgehead atoms. The molecule has 1 aromatic rings. The van der Waals surface area contributed by atoms with Gasteiger partial charge in [0.15, 0.2) is 0 Å². The van der Waals surface area contributed by atoms with Crippen LogP contribution in [0.5, 0.6) is 0 Å². The number of anilines is 1. The molecular weight excluding hydrogens is 290 g/mol. The quantitative estimate of drug-likeness (QED) is 0.896. The van der Waals surface area contributed by atoms with Crippen LogP contribution in [-0.2, 0) is 4.79 Å². The van der Waals surface area contributed by atoms with Crippen LogP contribution in [0.25, 0.3) is 0 Å². The van der Waals surface area contributed by atoms with E-state index in [1.165, 1.54) is 6.42 Å². The Kier molecular flexibility index (Phi) is 6.65. The van der Waals surface area contributed by atoms with E-state index in [1.54, 1.807) is 31.2 Å². The van der Waals surface area contributed by atoms with Gasteiger partial charge in [-0.25, -0.2) is 0 Å². The van der Waals surface area contributed by atoms with Crippen molar-refractivity contribution in [2.45, 2.75) is 32.2 Å². The van der Waals surface area contributed by atoms with Crippen LogP contribution in [0.1, 0.15) is 36.5 Å². The van der Waals surface area contributed by atoms with Crippen molar-refractivity contribution in [1.29, 1.82) is 0 Å². The summed E-state index contributed by atoms with van der Waals surface area (Å²) in [6.07, 6.45) is 3.31. The zero-order chi connectivity index (χ0) is 14.5. The van der Waals surface area contributed by atoms with Crippen LogP contribution < -0.4 is 11.1 Å². The largest absolute Gasteiger partial charge is 0.339 e. The van der Waals surface area contributed by atoms with Gasteiger partial charge in [0.25, 0.3) is 5.91 Å². The first-order valence-corrected chi connectivity index (χ1v) is 7.04. The number of carbonyl (C=O) groups is 2. The number of hydrogen-bond donors (Lipinski definition) is 2. The van der Waals surface area contributed by atoms with Crippen LogP contribution in [0.4, 0.5) is 5.69 Å². The molecule has 1 aliphatic rings. The third-order valence-electron chi connectivity index (χ3n) is 3.43. The highest BCUT2D eigenvalue weighted by Crippen LogP contribution is 2.16. The van der Waals surface area contributed by atoms with Gasteiger partial charge in [-0.2, -0.15) is 0 Å². The van der Waals surface area contributed by atoms with Crippen LogP contribution in [0, 0.1) is 0 Å². The average molecular weight is 312 g/mol. The molecule has 1 aliphatic heterocycles. The Hall–Kier alpha value is -1.59. The predicted molar refractivity (Wildman–Crippen MR) is 85.7 cm³/mol. The Morgan fingerprint density at radius 3 is 2.52 bits per heavy atom. The summed E-state index contributed by atoms with van der Waals surface area (Å²) < 4.78 is 0. The molecular formula is C15H22ClN3O2. The maximum Gasteiger partial charge on any atom is 0.253 e. The lowest BCUT2D eigenvalue weighted by Crippen LogP contribution is -2.35.